The zero-order chi connectivity index (χ0) is 20.7. The predicted octanol–water partition coefficient (Wildman–Crippen LogP) is 3.60. The Morgan fingerprint density at radius 2 is 2.03 bits per heavy atom. The Kier molecular flexibility index (Phi) is 4.84. The second-order valence-corrected chi connectivity index (χ2v) is 7.12. The first-order valence-electron chi connectivity index (χ1n) is 9.57. The molecule has 1 aromatic heterocycles. The van der Waals surface area contributed by atoms with Crippen molar-refractivity contribution >= 4 is 22.4 Å². The summed E-state index contributed by atoms with van der Waals surface area (Å²) in [4.78, 5) is 8.46. The lowest BCUT2D eigenvalue weighted by Crippen LogP contribution is -2.32. The number of halogens is 2. The maximum absolute atomic E-state index is 14.1. The number of fused-ring (bicyclic) bond motifs is 2. The highest BCUT2D eigenvalue weighted by molar-refractivity contribution is 5.93. The van der Waals surface area contributed by atoms with Crippen LogP contribution in [0.25, 0.3) is 10.9 Å². The van der Waals surface area contributed by atoms with Gasteiger partial charge in [-0.2, -0.15) is 0 Å². The van der Waals surface area contributed by atoms with Gasteiger partial charge in [-0.05, 0) is 24.6 Å². The Balaban J connectivity index is 1.49. The number of rotatable bonds is 5. The molecule has 30 heavy (non-hydrogen) atoms. The summed E-state index contributed by atoms with van der Waals surface area (Å²) in [5.74, 6) is -0.656. The van der Waals surface area contributed by atoms with Crippen molar-refractivity contribution in [1.29, 1.82) is 0 Å². The number of benzene rings is 2. The molecule has 2 aliphatic rings. The third-order valence-electron chi connectivity index (χ3n) is 5.32. The monoisotopic (exact) mass is 415 g/mol. The normalized spacial score (nSPS) is 22.8. The summed E-state index contributed by atoms with van der Waals surface area (Å²) in [6.45, 7) is 1.09. The zero-order valence-electron chi connectivity index (χ0n) is 16.1. The van der Waals surface area contributed by atoms with Gasteiger partial charge in [0.15, 0.2) is 29.2 Å². The van der Waals surface area contributed by atoms with Crippen molar-refractivity contribution < 1.29 is 27.7 Å². The van der Waals surface area contributed by atoms with Crippen LogP contribution < -0.4 is 14.8 Å². The van der Waals surface area contributed by atoms with Crippen molar-refractivity contribution in [3.63, 3.8) is 0 Å². The fourth-order valence-corrected chi connectivity index (χ4v) is 3.84. The summed E-state index contributed by atoms with van der Waals surface area (Å²) in [5.41, 5.74) is 0.532. The summed E-state index contributed by atoms with van der Waals surface area (Å²) >= 11 is 0. The topological polar surface area (TPSA) is 74.7 Å². The van der Waals surface area contributed by atoms with E-state index in [0.29, 0.717) is 41.4 Å². The highest BCUT2D eigenvalue weighted by Gasteiger charge is 2.43. The summed E-state index contributed by atoms with van der Waals surface area (Å²) < 4.78 is 50.8. The molecule has 2 fully saturated rings. The van der Waals surface area contributed by atoms with Crippen molar-refractivity contribution in [2.75, 3.05) is 25.6 Å². The first kappa shape index (κ1) is 19.0. The van der Waals surface area contributed by atoms with Crippen LogP contribution in [-0.4, -0.2) is 48.6 Å². The molecular weight excluding hydrogens is 396 g/mol. The smallest absolute Gasteiger partial charge is 0.182 e. The van der Waals surface area contributed by atoms with Gasteiger partial charge in [-0.1, -0.05) is 6.07 Å². The average molecular weight is 415 g/mol. The van der Waals surface area contributed by atoms with Gasteiger partial charge in [-0.15, -0.1) is 0 Å². The number of nitrogens with zero attached hydrogens (tertiary/aromatic N) is 2. The SMILES string of the molecule is COc1cc2c(Nc3cccc(F)c3F)ncnc2cc1O[C@@H]1COC2CCOC21. The van der Waals surface area contributed by atoms with Gasteiger partial charge in [0.2, 0.25) is 0 Å². The average Bonchev–Trinajstić information content (AvgIpc) is 3.36. The lowest BCUT2D eigenvalue weighted by Gasteiger charge is -2.20. The minimum absolute atomic E-state index is 0.0261. The molecule has 2 aromatic carbocycles. The Morgan fingerprint density at radius 1 is 1.13 bits per heavy atom. The van der Waals surface area contributed by atoms with Crippen LogP contribution >= 0.6 is 0 Å². The van der Waals surface area contributed by atoms with Gasteiger partial charge in [0, 0.05) is 18.1 Å². The highest BCUT2D eigenvalue weighted by atomic mass is 19.2. The molecule has 2 saturated heterocycles. The van der Waals surface area contributed by atoms with Crippen molar-refractivity contribution in [2.24, 2.45) is 0 Å². The number of ether oxygens (including phenoxy) is 4. The van der Waals surface area contributed by atoms with E-state index in [-0.39, 0.29) is 24.0 Å². The van der Waals surface area contributed by atoms with Crippen LogP contribution in [0.1, 0.15) is 6.42 Å². The lowest BCUT2D eigenvalue weighted by atomic mass is 10.1. The molecular formula is C21H19F2N3O4. The maximum Gasteiger partial charge on any atom is 0.182 e. The van der Waals surface area contributed by atoms with Gasteiger partial charge in [0.25, 0.3) is 0 Å². The van der Waals surface area contributed by atoms with Crippen molar-refractivity contribution in [2.45, 2.75) is 24.7 Å². The van der Waals surface area contributed by atoms with Crippen molar-refractivity contribution in [3.8, 4) is 11.5 Å². The van der Waals surface area contributed by atoms with Crippen LogP contribution in [0.5, 0.6) is 11.5 Å². The molecule has 0 spiro atoms. The minimum atomic E-state index is -0.983. The second-order valence-electron chi connectivity index (χ2n) is 7.12. The summed E-state index contributed by atoms with van der Waals surface area (Å²) in [6, 6.07) is 7.33. The standard InChI is InChI=1S/C21H19F2N3O4/c1-27-16-7-11-14(8-17(16)30-18-9-29-15-5-6-28-20(15)18)24-10-25-21(11)26-13-4-2-3-12(22)19(13)23/h2-4,7-8,10,15,18,20H,5-6,9H2,1H3,(H,24,25,26)/t15?,18-,20?/m1/s1. The van der Waals surface area contributed by atoms with Gasteiger partial charge in [-0.25, -0.2) is 18.7 Å². The first-order chi connectivity index (χ1) is 14.6. The second kappa shape index (κ2) is 7.66. The Labute approximate surface area is 170 Å². The van der Waals surface area contributed by atoms with Crippen LogP contribution in [0.2, 0.25) is 0 Å². The highest BCUT2D eigenvalue weighted by Crippen LogP contribution is 2.38. The molecule has 0 saturated carbocycles. The van der Waals surface area contributed by atoms with Gasteiger partial charge in [0.1, 0.15) is 18.2 Å². The van der Waals surface area contributed by atoms with E-state index in [1.807, 2.05) is 0 Å². The van der Waals surface area contributed by atoms with E-state index in [1.54, 1.807) is 12.1 Å². The third kappa shape index (κ3) is 3.29. The number of methoxy groups -OCH3 is 1. The third-order valence-corrected chi connectivity index (χ3v) is 5.32. The molecule has 156 valence electrons. The fraction of sp³-hybridized carbons (Fsp3) is 0.333. The largest absolute Gasteiger partial charge is 0.493 e. The van der Waals surface area contributed by atoms with E-state index in [4.69, 9.17) is 18.9 Å². The number of hydrogen-bond acceptors (Lipinski definition) is 7. The van der Waals surface area contributed by atoms with Gasteiger partial charge in [-0.3, -0.25) is 0 Å². The summed E-state index contributed by atoms with van der Waals surface area (Å²) in [5, 5.41) is 3.40. The first-order valence-corrected chi connectivity index (χ1v) is 9.57. The van der Waals surface area contributed by atoms with Crippen LogP contribution in [0.4, 0.5) is 20.3 Å². The number of aromatic nitrogens is 2. The molecule has 3 heterocycles. The molecule has 0 radical (unpaired) electrons. The van der Waals surface area contributed by atoms with E-state index in [9.17, 15) is 8.78 Å². The molecule has 1 N–H and O–H groups in total. The molecule has 0 aliphatic carbocycles. The molecule has 2 aliphatic heterocycles. The number of nitrogens with one attached hydrogen (secondary N) is 1. The quantitative estimate of drug-likeness (QED) is 0.683. The molecule has 3 atom stereocenters. The van der Waals surface area contributed by atoms with E-state index in [1.165, 1.54) is 25.6 Å². The minimum Gasteiger partial charge on any atom is -0.493 e. The zero-order valence-corrected chi connectivity index (χ0v) is 16.1. The molecule has 2 unspecified atom stereocenters. The van der Waals surface area contributed by atoms with Crippen LogP contribution in [0.3, 0.4) is 0 Å². The van der Waals surface area contributed by atoms with Gasteiger partial charge >= 0.3 is 0 Å². The van der Waals surface area contributed by atoms with E-state index in [2.05, 4.69) is 15.3 Å². The van der Waals surface area contributed by atoms with Crippen LogP contribution in [0.15, 0.2) is 36.7 Å². The van der Waals surface area contributed by atoms with Gasteiger partial charge < -0.3 is 24.3 Å². The van der Waals surface area contributed by atoms with E-state index >= 15 is 0 Å². The van der Waals surface area contributed by atoms with Gasteiger partial charge in [0.05, 0.1) is 31.0 Å². The Bertz CT molecular complexity index is 1100. The molecule has 0 amide bonds. The van der Waals surface area contributed by atoms with E-state index in [0.717, 1.165) is 12.5 Å². The summed E-state index contributed by atoms with van der Waals surface area (Å²) in [6.07, 6.45) is 1.90. The van der Waals surface area contributed by atoms with Crippen molar-refractivity contribution in [1.82, 2.24) is 9.97 Å². The molecule has 3 aromatic rings. The maximum atomic E-state index is 14.1. The Morgan fingerprint density at radius 3 is 2.90 bits per heavy atom. The van der Waals surface area contributed by atoms with Crippen LogP contribution in [-0.2, 0) is 9.47 Å². The van der Waals surface area contributed by atoms with Crippen molar-refractivity contribution in [3.05, 3.63) is 48.3 Å². The lowest BCUT2D eigenvalue weighted by molar-refractivity contribution is 0.0298. The molecule has 7 nitrogen and oxygen atoms in total. The number of anilines is 2. The van der Waals surface area contributed by atoms with E-state index < -0.39 is 11.6 Å². The number of hydrogen-bond donors (Lipinski definition) is 1. The molecule has 5 rings (SSSR count). The molecule has 9 heteroatoms. The predicted molar refractivity (Wildman–Crippen MR) is 104 cm³/mol. The Hall–Kier alpha value is -3.04. The molecule has 0 bridgehead atoms. The fourth-order valence-electron chi connectivity index (χ4n) is 3.84. The summed E-state index contributed by atoms with van der Waals surface area (Å²) in [7, 11) is 1.52. The van der Waals surface area contributed by atoms with Crippen LogP contribution in [0, 0.1) is 11.6 Å².